The van der Waals surface area contributed by atoms with Crippen molar-refractivity contribution in [2.45, 2.75) is 13.1 Å². The average Bonchev–Trinajstić information content (AvgIpc) is 2.35. The standard InChI is InChI=1S/C12H13Cl2N3O2/c1-2-19-12(18)8(6-15)11(16)17-7-3-4-9(13)10(14)5-7/h3-5,8,11,17H,2,16H2,1H3. The van der Waals surface area contributed by atoms with Crippen molar-refractivity contribution in [1.82, 2.24) is 0 Å². The van der Waals surface area contributed by atoms with E-state index in [4.69, 9.17) is 38.9 Å². The van der Waals surface area contributed by atoms with Crippen molar-refractivity contribution in [3.8, 4) is 6.07 Å². The minimum absolute atomic E-state index is 0.191. The van der Waals surface area contributed by atoms with Crippen LogP contribution in [0.2, 0.25) is 10.0 Å². The molecule has 5 nitrogen and oxygen atoms in total. The van der Waals surface area contributed by atoms with Gasteiger partial charge < -0.3 is 15.8 Å². The number of halogens is 2. The third-order valence-corrected chi connectivity index (χ3v) is 3.03. The number of anilines is 1. The molecule has 0 fully saturated rings. The summed E-state index contributed by atoms with van der Waals surface area (Å²) in [6.07, 6.45) is -0.902. The van der Waals surface area contributed by atoms with Crippen molar-refractivity contribution < 1.29 is 9.53 Å². The number of carbonyl (C=O) groups is 1. The predicted molar refractivity (Wildman–Crippen MR) is 73.8 cm³/mol. The highest BCUT2D eigenvalue weighted by atomic mass is 35.5. The third-order valence-electron chi connectivity index (χ3n) is 2.29. The minimum atomic E-state index is -1.10. The molecule has 7 heteroatoms. The summed E-state index contributed by atoms with van der Waals surface area (Å²) in [5, 5.41) is 12.5. The van der Waals surface area contributed by atoms with E-state index in [-0.39, 0.29) is 6.61 Å². The Morgan fingerprint density at radius 3 is 2.74 bits per heavy atom. The summed E-state index contributed by atoms with van der Waals surface area (Å²) < 4.78 is 4.77. The molecule has 1 aromatic carbocycles. The van der Waals surface area contributed by atoms with Crippen LogP contribution in [-0.4, -0.2) is 18.7 Å². The molecule has 1 aromatic rings. The molecule has 0 saturated carbocycles. The highest BCUT2D eigenvalue weighted by molar-refractivity contribution is 6.42. The number of esters is 1. The first-order chi connectivity index (χ1) is 8.99. The smallest absolute Gasteiger partial charge is 0.326 e. The Bertz CT molecular complexity index is 502. The molecule has 2 atom stereocenters. The van der Waals surface area contributed by atoms with Gasteiger partial charge in [0.1, 0.15) is 6.17 Å². The summed E-state index contributed by atoms with van der Waals surface area (Å²) in [4.78, 5) is 11.5. The van der Waals surface area contributed by atoms with Gasteiger partial charge in [-0.3, -0.25) is 4.79 Å². The molecule has 0 bridgehead atoms. The number of ether oxygens (including phenoxy) is 1. The van der Waals surface area contributed by atoms with Crippen molar-refractivity contribution in [2.24, 2.45) is 11.7 Å². The lowest BCUT2D eigenvalue weighted by Crippen LogP contribution is -2.41. The van der Waals surface area contributed by atoms with Gasteiger partial charge in [0.05, 0.1) is 22.7 Å². The van der Waals surface area contributed by atoms with Gasteiger partial charge in [0.15, 0.2) is 5.92 Å². The molecule has 3 N–H and O–H groups in total. The van der Waals surface area contributed by atoms with Crippen LogP contribution >= 0.6 is 23.2 Å². The molecule has 0 spiro atoms. The monoisotopic (exact) mass is 301 g/mol. The Labute approximate surface area is 121 Å². The number of nitrogens with two attached hydrogens (primary N) is 1. The number of carbonyl (C=O) groups excluding carboxylic acids is 1. The molecular weight excluding hydrogens is 289 g/mol. The van der Waals surface area contributed by atoms with Gasteiger partial charge in [-0.05, 0) is 25.1 Å². The second-order valence-electron chi connectivity index (χ2n) is 3.66. The summed E-state index contributed by atoms with van der Waals surface area (Å²) in [7, 11) is 0. The Morgan fingerprint density at radius 2 is 2.21 bits per heavy atom. The number of benzene rings is 1. The molecule has 0 heterocycles. The molecular formula is C12H13Cl2N3O2. The van der Waals surface area contributed by atoms with Gasteiger partial charge in [-0.15, -0.1) is 0 Å². The van der Waals surface area contributed by atoms with Crippen LogP contribution in [0.4, 0.5) is 5.69 Å². The second-order valence-corrected chi connectivity index (χ2v) is 4.47. The predicted octanol–water partition coefficient (Wildman–Crippen LogP) is 2.39. The Balaban J connectivity index is 2.77. The molecule has 1 rings (SSSR count). The second kappa shape index (κ2) is 7.19. The van der Waals surface area contributed by atoms with E-state index in [1.807, 2.05) is 6.07 Å². The number of nitriles is 1. The molecule has 0 aliphatic heterocycles. The van der Waals surface area contributed by atoms with Gasteiger partial charge in [-0.2, -0.15) is 5.26 Å². The molecule has 102 valence electrons. The molecule has 19 heavy (non-hydrogen) atoms. The van der Waals surface area contributed by atoms with Gasteiger partial charge in [0, 0.05) is 5.69 Å². The fourth-order valence-electron chi connectivity index (χ4n) is 1.37. The molecule has 0 aliphatic carbocycles. The van der Waals surface area contributed by atoms with Crippen molar-refractivity contribution in [2.75, 3.05) is 11.9 Å². The van der Waals surface area contributed by atoms with E-state index < -0.39 is 18.1 Å². The number of hydrogen-bond donors (Lipinski definition) is 2. The van der Waals surface area contributed by atoms with E-state index in [9.17, 15) is 4.79 Å². The lowest BCUT2D eigenvalue weighted by atomic mass is 10.1. The van der Waals surface area contributed by atoms with Crippen LogP contribution in [0, 0.1) is 17.2 Å². The number of rotatable bonds is 5. The highest BCUT2D eigenvalue weighted by Gasteiger charge is 2.26. The maximum absolute atomic E-state index is 11.5. The maximum Gasteiger partial charge on any atom is 0.326 e. The van der Waals surface area contributed by atoms with E-state index in [1.54, 1.807) is 25.1 Å². The van der Waals surface area contributed by atoms with Crippen LogP contribution in [0.15, 0.2) is 18.2 Å². The normalized spacial score (nSPS) is 13.2. The summed E-state index contributed by atoms with van der Waals surface area (Å²) in [6, 6.07) is 6.60. The lowest BCUT2D eigenvalue weighted by molar-refractivity contribution is -0.146. The summed E-state index contributed by atoms with van der Waals surface area (Å²) in [6.45, 7) is 1.85. The maximum atomic E-state index is 11.5. The molecule has 0 aliphatic rings. The Kier molecular flexibility index (Phi) is 5.90. The van der Waals surface area contributed by atoms with Crippen molar-refractivity contribution in [3.63, 3.8) is 0 Å². The van der Waals surface area contributed by atoms with Crippen molar-refractivity contribution in [3.05, 3.63) is 28.2 Å². The fraction of sp³-hybridized carbons (Fsp3) is 0.333. The molecule has 0 saturated heterocycles. The number of hydrogen-bond acceptors (Lipinski definition) is 5. The van der Waals surface area contributed by atoms with Crippen LogP contribution in [0.1, 0.15) is 6.92 Å². The van der Waals surface area contributed by atoms with Gasteiger partial charge in [-0.1, -0.05) is 23.2 Å². The quantitative estimate of drug-likeness (QED) is 0.644. The van der Waals surface area contributed by atoms with Crippen LogP contribution in [0.3, 0.4) is 0 Å². The molecule has 0 aromatic heterocycles. The van der Waals surface area contributed by atoms with Crippen LogP contribution in [-0.2, 0) is 9.53 Å². The SMILES string of the molecule is CCOC(=O)C(C#N)C(N)Nc1ccc(Cl)c(Cl)c1. The van der Waals surface area contributed by atoms with Crippen LogP contribution < -0.4 is 11.1 Å². The van der Waals surface area contributed by atoms with Crippen LogP contribution in [0.25, 0.3) is 0 Å². The first-order valence-electron chi connectivity index (χ1n) is 5.53. The van der Waals surface area contributed by atoms with Gasteiger partial charge >= 0.3 is 5.97 Å². The molecule has 2 unspecified atom stereocenters. The summed E-state index contributed by atoms with van der Waals surface area (Å²) in [5.74, 6) is -1.76. The van der Waals surface area contributed by atoms with Gasteiger partial charge in [0.25, 0.3) is 0 Å². The number of nitrogens with zero attached hydrogens (tertiary/aromatic N) is 1. The summed E-state index contributed by atoms with van der Waals surface area (Å²) in [5.41, 5.74) is 6.33. The topological polar surface area (TPSA) is 88.1 Å². The van der Waals surface area contributed by atoms with Crippen molar-refractivity contribution >= 4 is 34.9 Å². The van der Waals surface area contributed by atoms with Crippen LogP contribution in [0.5, 0.6) is 0 Å². The zero-order valence-electron chi connectivity index (χ0n) is 10.2. The lowest BCUT2D eigenvalue weighted by Gasteiger charge is -2.19. The van der Waals surface area contributed by atoms with Crippen molar-refractivity contribution in [1.29, 1.82) is 5.26 Å². The fourth-order valence-corrected chi connectivity index (χ4v) is 1.67. The Morgan fingerprint density at radius 1 is 1.53 bits per heavy atom. The zero-order chi connectivity index (χ0) is 14.4. The van der Waals surface area contributed by atoms with E-state index in [1.165, 1.54) is 0 Å². The highest BCUT2D eigenvalue weighted by Crippen LogP contribution is 2.25. The summed E-state index contributed by atoms with van der Waals surface area (Å²) >= 11 is 11.6. The molecule has 0 amide bonds. The average molecular weight is 302 g/mol. The minimum Gasteiger partial charge on any atom is -0.465 e. The first kappa shape index (κ1) is 15.6. The van der Waals surface area contributed by atoms with Gasteiger partial charge in [0.2, 0.25) is 0 Å². The van der Waals surface area contributed by atoms with Gasteiger partial charge in [-0.25, -0.2) is 0 Å². The zero-order valence-corrected chi connectivity index (χ0v) is 11.7. The van der Waals surface area contributed by atoms with E-state index in [2.05, 4.69) is 5.32 Å². The van der Waals surface area contributed by atoms with E-state index in [0.717, 1.165) is 0 Å². The third kappa shape index (κ3) is 4.28. The largest absolute Gasteiger partial charge is 0.465 e. The van der Waals surface area contributed by atoms with E-state index >= 15 is 0 Å². The first-order valence-corrected chi connectivity index (χ1v) is 6.28. The Hall–Kier alpha value is -1.48. The molecule has 0 radical (unpaired) electrons. The van der Waals surface area contributed by atoms with E-state index in [0.29, 0.717) is 15.7 Å². The number of nitrogens with one attached hydrogen (secondary N) is 1.